The van der Waals surface area contributed by atoms with Gasteiger partial charge in [0.25, 0.3) is 0 Å². The minimum Gasteiger partial charge on any atom is -0.442 e. The summed E-state index contributed by atoms with van der Waals surface area (Å²) in [5.74, 6) is -0.611. The standard InChI is InChI=1S/C25H26BrFN4O3/c1-16(32)28-13-20-14-31(25(33)34-20)19-10-11-21(23(27)12-19)18-8-6-17(7-9-18)4-3-5-24-22(26)15-30(2)29-24/h6-12,15,20H,3-5,13-14H2,1-2H3,(H,28,32)/t20-/m0/s1. The molecular weight excluding hydrogens is 503 g/mol. The first-order chi connectivity index (χ1) is 16.3. The van der Waals surface area contributed by atoms with Crippen LogP contribution in [-0.2, 0) is 29.4 Å². The molecule has 7 nitrogen and oxygen atoms in total. The molecule has 4 rings (SSSR count). The first-order valence-corrected chi connectivity index (χ1v) is 11.9. The number of benzene rings is 2. The highest BCUT2D eigenvalue weighted by Gasteiger charge is 2.32. The van der Waals surface area contributed by atoms with Crippen LogP contribution in [0.5, 0.6) is 0 Å². The summed E-state index contributed by atoms with van der Waals surface area (Å²) in [5, 5.41) is 7.07. The predicted molar refractivity (Wildman–Crippen MR) is 131 cm³/mol. The molecule has 2 aromatic carbocycles. The number of anilines is 1. The zero-order valence-electron chi connectivity index (χ0n) is 19.1. The van der Waals surface area contributed by atoms with E-state index in [9.17, 15) is 14.0 Å². The Bertz CT molecular complexity index is 1200. The fraction of sp³-hybridized carbons (Fsp3) is 0.320. The van der Waals surface area contributed by atoms with Gasteiger partial charge in [-0.3, -0.25) is 14.4 Å². The van der Waals surface area contributed by atoms with Gasteiger partial charge in [-0.05, 0) is 64.5 Å². The van der Waals surface area contributed by atoms with Crippen molar-refractivity contribution in [2.45, 2.75) is 32.3 Å². The lowest BCUT2D eigenvalue weighted by atomic mass is 10.0. The first kappa shape index (κ1) is 23.9. The van der Waals surface area contributed by atoms with Crippen LogP contribution in [0.4, 0.5) is 14.9 Å². The number of halogens is 2. The molecule has 178 valence electrons. The third kappa shape index (κ3) is 5.64. The van der Waals surface area contributed by atoms with Gasteiger partial charge in [0.2, 0.25) is 5.91 Å². The van der Waals surface area contributed by atoms with E-state index in [1.807, 2.05) is 37.5 Å². The number of amides is 2. The molecule has 1 atom stereocenters. The van der Waals surface area contributed by atoms with Gasteiger partial charge in [-0.1, -0.05) is 24.3 Å². The van der Waals surface area contributed by atoms with Crippen molar-refractivity contribution in [3.8, 4) is 11.1 Å². The SMILES string of the molecule is CC(=O)NC[C@H]1CN(c2ccc(-c3ccc(CCCc4nn(C)cc4Br)cc3)c(F)c2)C(=O)O1. The maximum Gasteiger partial charge on any atom is 0.414 e. The van der Waals surface area contributed by atoms with Crippen molar-refractivity contribution in [2.75, 3.05) is 18.0 Å². The minimum atomic E-state index is -0.551. The van der Waals surface area contributed by atoms with Crippen molar-refractivity contribution in [3.05, 3.63) is 70.2 Å². The normalized spacial score (nSPS) is 15.5. The molecule has 1 fully saturated rings. The topological polar surface area (TPSA) is 76.5 Å². The molecule has 0 spiro atoms. The third-order valence-electron chi connectivity index (χ3n) is 5.72. The van der Waals surface area contributed by atoms with Gasteiger partial charge in [0, 0.05) is 25.7 Å². The quantitative estimate of drug-likeness (QED) is 0.462. The number of aromatic nitrogens is 2. The van der Waals surface area contributed by atoms with E-state index in [0.29, 0.717) is 11.3 Å². The molecule has 0 bridgehead atoms. The lowest BCUT2D eigenvalue weighted by Crippen LogP contribution is -2.33. The second-order valence-corrected chi connectivity index (χ2v) is 9.22. The summed E-state index contributed by atoms with van der Waals surface area (Å²) in [5.41, 5.74) is 3.89. The van der Waals surface area contributed by atoms with Crippen LogP contribution >= 0.6 is 15.9 Å². The first-order valence-electron chi connectivity index (χ1n) is 11.1. The summed E-state index contributed by atoms with van der Waals surface area (Å²) in [6.45, 7) is 1.88. The maximum atomic E-state index is 14.9. The highest BCUT2D eigenvalue weighted by Crippen LogP contribution is 2.29. The number of nitrogens with zero attached hydrogens (tertiary/aromatic N) is 3. The van der Waals surface area contributed by atoms with E-state index in [4.69, 9.17) is 4.74 Å². The van der Waals surface area contributed by atoms with E-state index in [0.717, 1.165) is 35.0 Å². The molecular formula is C25H26BrFN4O3. The van der Waals surface area contributed by atoms with Crippen molar-refractivity contribution >= 4 is 33.6 Å². The number of hydrogen-bond acceptors (Lipinski definition) is 4. The summed E-state index contributed by atoms with van der Waals surface area (Å²) in [6.07, 6.45) is 3.67. The second-order valence-electron chi connectivity index (χ2n) is 8.37. The molecule has 1 N–H and O–H groups in total. The van der Waals surface area contributed by atoms with Crippen LogP contribution in [-0.4, -0.2) is 41.0 Å². The van der Waals surface area contributed by atoms with Gasteiger partial charge in [-0.15, -0.1) is 0 Å². The Morgan fingerprint density at radius 1 is 1.24 bits per heavy atom. The molecule has 1 saturated heterocycles. The molecule has 0 radical (unpaired) electrons. The van der Waals surface area contributed by atoms with Crippen molar-refractivity contribution in [1.82, 2.24) is 15.1 Å². The van der Waals surface area contributed by atoms with E-state index < -0.39 is 18.0 Å². The van der Waals surface area contributed by atoms with Gasteiger partial charge < -0.3 is 10.1 Å². The average molecular weight is 529 g/mol. The summed E-state index contributed by atoms with van der Waals surface area (Å²) in [6, 6.07) is 12.6. The van der Waals surface area contributed by atoms with Crippen molar-refractivity contribution in [2.24, 2.45) is 7.05 Å². The minimum absolute atomic E-state index is 0.197. The smallest absolute Gasteiger partial charge is 0.414 e. The van der Waals surface area contributed by atoms with E-state index in [1.165, 1.54) is 23.5 Å². The lowest BCUT2D eigenvalue weighted by molar-refractivity contribution is -0.119. The Morgan fingerprint density at radius 2 is 2.00 bits per heavy atom. The van der Waals surface area contributed by atoms with Gasteiger partial charge >= 0.3 is 6.09 Å². The average Bonchev–Trinajstić information content (AvgIpc) is 3.33. The molecule has 1 aliphatic rings. The molecule has 0 aliphatic carbocycles. The summed E-state index contributed by atoms with van der Waals surface area (Å²) < 4.78 is 23.0. The lowest BCUT2D eigenvalue weighted by Gasteiger charge is -2.14. The Kier molecular flexibility index (Phi) is 7.31. The van der Waals surface area contributed by atoms with E-state index >= 15 is 0 Å². The number of cyclic esters (lactones) is 1. The molecule has 1 aromatic heterocycles. The highest BCUT2D eigenvalue weighted by molar-refractivity contribution is 9.10. The van der Waals surface area contributed by atoms with Gasteiger partial charge in [0.1, 0.15) is 11.9 Å². The van der Waals surface area contributed by atoms with Crippen LogP contribution in [0, 0.1) is 5.82 Å². The number of carbonyl (C=O) groups excluding carboxylic acids is 2. The summed E-state index contributed by atoms with van der Waals surface area (Å²) in [7, 11) is 1.90. The fourth-order valence-corrected chi connectivity index (χ4v) is 4.56. The number of hydrogen-bond donors (Lipinski definition) is 1. The Labute approximate surface area is 206 Å². The van der Waals surface area contributed by atoms with Crippen LogP contribution in [0.15, 0.2) is 53.1 Å². The van der Waals surface area contributed by atoms with E-state index in [-0.39, 0.29) is 19.0 Å². The highest BCUT2D eigenvalue weighted by atomic mass is 79.9. The van der Waals surface area contributed by atoms with Gasteiger partial charge in [-0.25, -0.2) is 9.18 Å². The predicted octanol–water partition coefficient (Wildman–Crippen LogP) is 4.63. The number of rotatable bonds is 8. The van der Waals surface area contributed by atoms with Crippen LogP contribution in [0.2, 0.25) is 0 Å². The summed E-state index contributed by atoms with van der Waals surface area (Å²) >= 11 is 3.53. The molecule has 9 heteroatoms. The van der Waals surface area contributed by atoms with Gasteiger partial charge in [0.15, 0.2) is 0 Å². The van der Waals surface area contributed by atoms with Crippen LogP contribution < -0.4 is 10.2 Å². The Hall–Kier alpha value is -3.20. The summed E-state index contributed by atoms with van der Waals surface area (Å²) in [4.78, 5) is 24.6. The third-order valence-corrected chi connectivity index (χ3v) is 6.38. The number of nitrogens with one attached hydrogen (secondary N) is 1. The number of aryl methyl sites for hydroxylation is 3. The zero-order chi connectivity index (χ0) is 24.2. The second kappa shape index (κ2) is 10.4. The molecule has 2 amide bonds. The molecule has 0 saturated carbocycles. The molecule has 0 unspecified atom stereocenters. The maximum absolute atomic E-state index is 14.9. The van der Waals surface area contributed by atoms with Gasteiger partial charge in [-0.2, -0.15) is 5.10 Å². The van der Waals surface area contributed by atoms with Crippen LogP contribution in [0.25, 0.3) is 11.1 Å². The molecule has 34 heavy (non-hydrogen) atoms. The van der Waals surface area contributed by atoms with E-state index in [2.05, 4.69) is 26.3 Å². The van der Waals surface area contributed by atoms with Gasteiger partial charge in [0.05, 0.1) is 28.9 Å². The fourth-order valence-electron chi connectivity index (χ4n) is 3.99. The monoisotopic (exact) mass is 528 g/mol. The number of ether oxygens (including phenoxy) is 1. The molecule has 3 aromatic rings. The molecule has 1 aliphatic heterocycles. The Balaban J connectivity index is 1.37. The van der Waals surface area contributed by atoms with Crippen LogP contribution in [0.1, 0.15) is 24.6 Å². The zero-order valence-corrected chi connectivity index (χ0v) is 20.6. The largest absolute Gasteiger partial charge is 0.442 e. The molecule has 2 heterocycles. The van der Waals surface area contributed by atoms with Crippen LogP contribution in [0.3, 0.4) is 0 Å². The van der Waals surface area contributed by atoms with Crippen molar-refractivity contribution in [1.29, 1.82) is 0 Å². The van der Waals surface area contributed by atoms with Crippen molar-refractivity contribution < 1.29 is 18.7 Å². The van der Waals surface area contributed by atoms with E-state index in [1.54, 1.807) is 16.8 Å². The van der Waals surface area contributed by atoms with Crippen molar-refractivity contribution in [3.63, 3.8) is 0 Å². The number of carbonyl (C=O) groups is 2. The Morgan fingerprint density at radius 3 is 2.65 bits per heavy atom.